The number of carbonyl (C=O) groups excluding carboxylic acids is 1. The van der Waals surface area contributed by atoms with Crippen molar-refractivity contribution in [1.82, 2.24) is 0 Å². The number of hydrogen-bond acceptors (Lipinski definition) is 3. The Morgan fingerprint density at radius 3 is 2.60 bits per heavy atom. The number of methoxy groups -OCH3 is 1. The molecule has 0 spiro atoms. The zero-order chi connectivity index (χ0) is 14.4. The molecule has 0 fully saturated rings. The lowest BCUT2D eigenvalue weighted by Crippen LogP contribution is -2.11. The predicted octanol–water partition coefficient (Wildman–Crippen LogP) is 4.06. The van der Waals surface area contributed by atoms with E-state index in [1.54, 1.807) is 31.0 Å². The molecule has 104 valence electrons. The molecule has 20 heavy (non-hydrogen) atoms. The Bertz CT molecular complexity index is 584. The molecule has 2 rings (SSSR count). The van der Waals surface area contributed by atoms with Crippen LogP contribution in [0, 0.1) is 0 Å². The summed E-state index contributed by atoms with van der Waals surface area (Å²) in [6.45, 7) is 2.08. The lowest BCUT2D eigenvalue weighted by Gasteiger charge is -2.10. The predicted molar refractivity (Wildman–Crippen MR) is 83.8 cm³/mol. The van der Waals surface area contributed by atoms with Crippen LogP contribution in [0.25, 0.3) is 0 Å². The molecule has 0 saturated carbocycles. The monoisotopic (exact) mass is 287 g/mol. The number of hydrogen-bond donors (Lipinski definition) is 1. The van der Waals surface area contributed by atoms with Crippen LogP contribution in [0.2, 0.25) is 0 Å². The topological polar surface area (TPSA) is 38.3 Å². The van der Waals surface area contributed by atoms with Gasteiger partial charge in [0.15, 0.2) is 0 Å². The highest BCUT2D eigenvalue weighted by Crippen LogP contribution is 2.31. The Balaban J connectivity index is 2.17. The summed E-state index contributed by atoms with van der Waals surface area (Å²) >= 11 is 1.69. The minimum Gasteiger partial charge on any atom is -0.496 e. The van der Waals surface area contributed by atoms with Gasteiger partial charge in [-0.1, -0.05) is 25.1 Å². The zero-order valence-electron chi connectivity index (χ0n) is 11.6. The maximum Gasteiger partial charge on any atom is 0.255 e. The third-order valence-corrected chi connectivity index (χ3v) is 3.68. The minimum atomic E-state index is -0.108. The highest BCUT2D eigenvalue weighted by molar-refractivity contribution is 7.99. The molecule has 0 aliphatic rings. The van der Waals surface area contributed by atoms with E-state index in [2.05, 4.69) is 12.2 Å². The number of nitrogens with one attached hydrogen (secondary N) is 1. The molecule has 1 amide bonds. The van der Waals surface area contributed by atoms with Crippen molar-refractivity contribution in [2.45, 2.75) is 11.8 Å². The molecular formula is C16H17NO2S. The molecule has 2 aromatic rings. The van der Waals surface area contributed by atoms with E-state index >= 15 is 0 Å². The first-order valence-corrected chi connectivity index (χ1v) is 7.40. The molecule has 0 bridgehead atoms. The van der Waals surface area contributed by atoms with Crippen LogP contribution in [0.3, 0.4) is 0 Å². The van der Waals surface area contributed by atoms with Crippen molar-refractivity contribution in [2.24, 2.45) is 0 Å². The van der Waals surface area contributed by atoms with Crippen molar-refractivity contribution in [3.63, 3.8) is 0 Å². The number of rotatable bonds is 5. The van der Waals surface area contributed by atoms with E-state index in [9.17, 15) is 4.79 Å². The lowest BCUT2D eigenvalue weighted by atomic mass is 10.2. The summed E-state index contributed by atoms with van der Waals surface area (Å²) < 4.78 is 5.31. The molecule has 4 heteroatoms. The molecule has 3 nitrogen and oxygen atoms in total. The molecule has 0 aliphatic heterocycles. The first-order valence-electron chi connectivity index (χ1n) is 6.42. The van der Waals surface area contributed by atoms with Crippen molar-refractivity contribution in [3.8, 4) is 5.75 Å². The van der Waals surface area contributed by atoms with Crippen LogP contribution in [0.1, 0.15) is 17.3 Å². The molecule has 0 heterocycles. The van der Waals surface area contributed by atoms with Crippen LogP contribution in [-0.2, 0) is 0 Å². The van der Waals surface area contributed by atoms with Crippen molar-refractivity contribution in [2.75, 3.05) is 18.2 Å². The molecule has 0 saturated heterocycles. The average Bonchev–Trinajstić information content (AvgIpc) is 2.49. The van der Waals surface area contributed by atoms with E-state index in [4.69, 9.17) is 4.74 Å². The second kappa shape index (κ2) is 7.01. The third kappa shape index (κ3) is 3.54. The molecule has 0 radical (unpaired) electrons. The first kappa shape index (κ1) is 14.5. The van der Waals surface area contributed by atoms with Gasteiger partial charge in [0.05, 0.1) is 12.0 Å². The van der Waals surface area contributed by atoms with Crippen molar-refractivity contribution in [3.05, 3.63) is 54.1 Å². The van der Waals surface area contributed by atoms with Gasteiger partial charge in [0.25, 0.3) is 5.91 Å². The maximum atomic E-state index is 12.1. The number of ether oxygens (including phenoxy) is 1. The van der Waals surface area contributed by atoms with Gasteiger partial charge in [-0.2, -0.15) is 0 Å². The van der Waals surface area contributed by atoms with E-state index in [-0.39, 0.29) is 5.91 Å². The van der Waals surface area contributed by atoms with Crippen LogP contribution in [0.4, 0.5) is 5.69 Å². The van der Waals surface area contributed by atoms with E-state index in [0.717, 1.165) is 22.1 Å². The Kier molecular flexibility index (Phi) is 5.07. The highest BCUT2D eigenvalue weighted by Gasteiger charge is 2.08. The van der Waals surface area contributed by atoms with Gasteiger partial charge >= 0.3 is 0 Å². The summed E-state index contributed by atoms with van der Waals surface area (Å²) in [6.07, 6.45) is 0. The largest absolute Gasteiger partial charge is 0.496 e. The van der Waals surface area contributed by atoms with E-state index < -0.39 is 0 Å². The fourth-order valence-corrected chi connectivity index (χ4v) is 2.63. The van der Waals surface area contributed by atoms with E-state index in [1.165, 1.54) is 0 Å². The standard InChI is InChI=1S/C16H17NO2S/c1-3-20-15-11-13(9-10-14(15)19-2)17-16(18)12-7-5-4-6-8-12/h4-11H,3H2,1-2H3,(H,17,18). The van der Waals surface area contributed by atoms with E-state index in [0.29, 0.717) is 5.56 Å². The van der Waals surface area contributed by atoms with Crippen LogP contribution in [0.5, 0.6) is 5.75 Å². The fraction of sp³-hybridized carbons (Fsp3) is 0.188. The van der Waals surface area contributed by atoms with Gasteiger partial charge in [-0.15, -0.1) is 11.8 Å². The summed E-state index contributed by atoms with van der Waals surface area (Å²) in [4.78, 5) is 13.1. The maximum absolute atomic E-state index is 12.1. The van der Waals surface area contributed by atoms with Gasteiger partial charge in [-0.3, -0.25) is 4.79 Å². The van der Waals surface area contributed by atoms with Gasteiger partial charge in [0.2, 0.25) is 0 Å². The van der Waals surface area contributed by atoms with Gasteiger partial charge in [-0.05, 0) is 36.1 Å². The Hall–Kier alpha value is -1.94. The number of anilines is 1. The normalized spacial score (nSPS) is 10.1. The third-order valence-electron chi connectivity index (χ3n) is 2.76. The number of carbonyl (C=O) groups is 1. The van der Waals surface area contributed by atoms with Gasteiger partial charge in [0, 0.05) is 11.3 Å². The van der Waals surface area contributed by atoms with E-state index in [1.807, 2.05) is 36.4 Å². The van der Waals surface area contributed by atoms with Gasteiger partial charge in [-0.25, -0.2) is 0 Å². The van der Waals surface area contributed by atoms with Crippen LogP contribution in [-0.4, -0.2) is 18.8 Å². The average molecular weight is 287 g/mol. The fourth-order valence-electron chi connectivity index (χ4n) is 1.82. The summed E-state index contributed by atoms with van der Waals surface area (Å²) in [5.41, 5.74) is 1.42. The molecule has 0 atom stereocenters. The summed E-state index contributed by atoms with van der Waals surface area (Å²) in [7, 11) is 1.65. The summed E-state index contributed by atoms with van der Waals surface area (Å²) in [5.74, 6) is 1.67. The second-order valence-electron chi connectivity index (χ2n) is 4.12. The highest BCUT2D eigenvalue weighted by atomic mass is 32.2. The molecule has 1 N–H and O–H groups in total. The Morgan fingerprint density at radius 2 is 1.95 bits per heavy atom. The smallest absolute Gasteiger partial charge is 0.255 e. The zero-order valence-corrected chi connectivity index (χ0v) is 12.4. The lowest BCUT2D eigenvalue weighted by molar-refractivity contribution is 0.102. The van der Waals surface area contributed by atoms with Crippen LogP contribution >= 0.6 is 11.8 Å². The van der Waals surface area contributed by atoms with Crippen LogP contribution in [0.15, 0.2) is 53.4 Å². The Morgan fingerprint density at radius 1 is 1.20 bits per heavy atom. The summed E-state index contributed by atoms with van der Waals surface area (Å²) in [5, 5.41) is 2.90. The minimum absolute atomic E-state index is 0.108. The van der Waals surface area contributed by atoms with Crippen molar-refractivity contribution >= 4 is 23.4 Å². The van der Waals surface area contributed by atoms with Crippen molar-refractivity contribution < 1.29 is 9.53 Å². The van der Waals surface area contributed by atoms with Gasteiger partial charge < -0.3 is 10.1 Å². The molecule has 2 aromatic carbocycles. The molecule has 0 aromatic heterocycles. The second-order valence-corrected chi connectivity index (χ2v) is 5.42. The quantitative estimate of drug-likeness (QED) is 0.843. The molecule has 0 aliphatic carbocycles. The molecule has 0 unspecified atom stereocenters. The van der Waals surface area contributed by atoms with Crippen molar-refractivity contribution in [1.29, 1.82) is 0 Å². The first-order chi connectivity index (χ1) is 9.74. The number of amides is 1. The Labute approximate surface area is 123 Å². The SMILES string of the molecule is CCSc1cc(NC(=O)c2ccccc2)ccc1OC. The van der Waals surface area contributed by atoms with Crippen LogP contribution < -0.4 is 10.1 Å². The number of benzene rings is 2. The molecular weight excluding hydrogens is 270 g/mol. The number of thioether (sulfide) groups is 1. The summed E-state index contributed by atoms with van der Waals surface area (Å²) in [6, 6.07) is 14.8. The van der Waals surface area contributed by atoms with Gasteiger partial charge in [0.1, 0.15) is 5.75 Å².